The van der Waals surface area contributed by atoms with Crippen LogP contribution in [0.2, 0.25) is 0 Å². The van der Waals surface area contributed by atoms with Crippen molar-refractivity contribution in [1.29, 1.82) is 0 Å². The van der Waals surface area contributed by atoms with Gasteiger partial charge in [-0.1, -0.05) is 0 Å². The van der Waals surface area contributed by atoms with E-state index in [4.69, 9.17) is 8.44 Å². The number of hydrogen-bond acceptors (Lipinski definition) is 3. The van der Waals surface area contributed by atoms with Gasteiger partial charge in [0.2, 0.25) is 0 Å². The molecule has 0 saturated heterocycles. The average molecular weight is 570 g/mol. The number of alkyl halides is 9. The second-order valence-corrected chi connectivity index (χ2v) is 19.8. The van der Waals surface area contributed by atoms with Gasteiger partial charge in [0.1, 0.15) is 0 Å². The molecule has 0 amide bonds. The molecule has 0 bridgehead atoms. The molecule has 0 saturated carbocycles. The van der Waals surface area contributed by atoms with Crippen molar-refractivity contribution in [3.63, 3.8) is 0 Å². The zero-order valence-corrected chi connectivity index (χ0v) is 19.7. The molecule has 1 rings (SSSR count). The molecule has 1 aliphatic rings. The summed E-state index contributed by atoms with van der Waals surface area (Å²) < 4.78 is 136. The van der Waals surface area contributed by atoms with Crippen LogP contribution >= 0.6 is 0 Å². The van der Waals surface area contributed by atoms with Gasteiger partial charge in [0.05, 0.1) is 0 Å². The summed E-state index contributed by atoms with van der Waals surface area (Å²) in [5, 5.41) is -19.6. The van der Waals surface area contributed by atoms with E-state index in [-0.39, 0.29) is 25.9 Å². The molecule has 1 aliphatic carbocycles. The number of rotatable bonds is 8. The van der Waals surface area contributed by atoms with E-state index >= 15 is 0 Å². The Hall–Kier alpha value is 0.156. The second-order valence-electron chi connectivity index (χ2n) is 5.60. The minimum absolute atomic E-state index is 0.198. The number of halogens is 9. The van der Waals surface area contributed by atoms with Crippen molar-refractivity contribution in [2.75, 3.05) is 19.8 Å². The summed E-state index contributed by atoms with van der Waals surface area (Å²) in [6.45, 7) is 3.61. The van der Waals surface area contributed by atoms with Crippen LogP contribution in [0.3, 0.4) is 0 Å². The Labute approximate surface area is 164 Å². The quantitative estimate of drug-likeness (QED) is 0.285. The van der Waals surface area contributed by atoms with Crippen LogP contribution < -0.4 is 0 Å². The van der Waals surface area contributed by atoms with Gasteiger partial charge < -0.3 is 0 Å². The number of hydrogen-bond donors (Lipinski definition) is 0. The fraction of sp³-hybridized carbons (Fsp3) is 0.714. The summed E-state index contributed by atoms with van der Waals surface area (Å²) in [6.07, 6.45) is 0.559. The van der Waals surface area contributed by atoms with Gasteiger partial charge in [0.25, 0.3) is 0 Å². The molecule has 28 heavy (non-hydrogen) atoms. The third-order valence-electron chi connectivity index (χ3n) is 3.98. The van der Waals surface area contributed by atoms with E-state index in [1.807, 2.05) is 0 Å². The molecular weight excluding hydrogens is 551 g/mol. The van der Waals surface area contributed by atoms with E-state index < -0.39 is 64.0 Å². The van der Waals surface area contributed by atoms with E-state index in [2.05, 4.69) is 0 Å². The molecule has 0 unspecified atom stereocenters. The van der Waals surface area contributed by atoms with Gasteiger partial charge in [-0.05, 0) is 0 Å². The van der Waals surface area contributed by atoms with Crippen molar-refractivity contribution in [2.24, 2.45) is 0 Å². The Morgan fingerprint density at radius 1 is 0.786 bits per heavy atom. The first kappa shape index (κ1) is 26.2. The van der Waals surface area contributed by atoms with Crippen LogP contribution in [0.1, 0.15) is 27.2 Å². The summed E-state index contributed by atoms with van der Waals surface area (Å²) in [5.74, 6) is 0. The van der Waals surface area contributed by atoms with Crippen LogP contribution in [0.5, 0.6) is 0 Å². The molecule has 0 aliphatic heterocycles. The molecule has 0 fully saturated rings. The van der Waals surface area contributed by atoms with Crippen molar-refractivity contribution in [3.05, 3.63) is 19.8 Å². The van der Waals surface area contributed by atoms with Gasteiger partial charge >= 0.3 is 165 Å². The topological polar surface area (TPSA) is 27.7 Å². The molecule has 3 nitrogen and oxygen atoms in total. The van der Waals surface area contributed by atoms with Crippen molar-refractivity contribution in [3.8, 4) is 0 Å². The Balaban J connectivity index is 4.00. The van der Waals surface area contributed by atoms with Crippen LogP contribution in [-0.2, 0) is 30.0 Å². The van der Waals surface area contributed by atoms with Crippen LogP contribution in [0, 0.1) is 0 Å². The summed E-state index contributed by atoms with van der Waals surface area (Å²) in [4.78, 5) is 0. The first-order chi connectivity index (χ1) is 12.7. The van der Waals surface area contributed by atoms with Gasteiger partial charge in [0, 0.05) is 0 Å². The molecule has 0 aromatic carbocycles. The van der Waals surface area contributed by atoms with Crippen molar-refractivity contribution < 1.29 is 69.5 Å². The second kappa shape index (κ2) is 9.11. The molecule has 164 valence electrons. The van der Waals surface area contributed by atoms with E-state index in [0.29, 0.717) is 0 Å². The summed E-state index contributed by atoms with van der Waals surface area (Å²) in [7, 11) is 0. The normalized spacial score (nSPS) is 17.0. The molecular formula is C14H19F9GeO3Zr. The Bertz CT molecular complexity index is 558. The average Bonchev–Trinajstić information content (AvgIpc) is 2.93. The SMILES string of the molecule is CC[O][Zr]([O]CC)([O]CC)[C]1=[C]([Ge]([C](F)(F)F)([C](F)(F)F)[C](F)(F)F)C=CC1. The molecule has 14 heteroatoms. The molecule has 0 aromatic heterocycles. The first-order valence-corrected chi connectivity index (χ1v) is 16.6. The molecule has 0 heterocycles. The Kier molecular flexibility index (Phi) is 8.52. The van der Waals surface area contributed by atoms with Crippen LogP contribution in [0.25, 0.3) is 0 Å². The molecule has 0 N–H and O–H groups in total. The summed E-state index contributed by atoms with van der Waals surface area (Å²) in [6, 6.07) is 0. The fourth-order valence-electron chi connectivity index (χ4n) is 3.04. The first-order valence-electron chi connectivity index (χ1n) is 8.18. The van der Waals surface area contributed by atoms with Gasteiger partial charge in [-0.3, -0.25) is 0 Å². The monoisotopic (exact) mass is 570 g/mol. The zero-order valence-electron chi connectivity index (χ0n) is 15.1. The van der Waals surface area contributed by atoms with Gasteiger partial charge in [0.15, 0.2) is 0 Å². The molecule has 0 radical (unpaired) electrons. The maximum absolute atomic E-state index is 13.6. The van der Waals surface area contributed by atoms with E-state index in [0.717, 1.165) is 6.08 Å². The maximum atomic E-state index is 13.6. The van der Waals surface area contributed by atoms with E-state index in [1.54, 1.807) is 0 Å². The van der Waals surface area contributed by atoms with E-state index in [9.17, 15) is 39.5 Å². The van der Waals surface area contributed by atoms with Gasteiger partial charge in [-0.15, -0.1) is 0 Å². The number of allylic oxidation sites excluding steroid dienone is 4. The standard InChI is InChI=1S/C8H4F9Ge.3C2H5O.Zr/c9-6(10,11)18(7(12,13)14,8(15,16)17)5-3-1-2-4-5;3*1-2-3;/h1,3H,2H2;3*2H2,1H3;/q;3*-1;+3. The molecule has 0 atom stereocenters. The predicted molar refractivity (Wildman–Crippen MR) is 79.6 cm³/mol. The zero-order chi connectivity index (χ0) is 22.0. The van der Waals surface area contributed by atoms with Crippen molar-refractivity contribution >= 4 is 13.3 Å². The van der Waals surface area contributed by atoms with Gasteiger partial charge in [-0.25, -0.2) is 0 Å². The predicted octanol–water partition coefficient (Wildman–Crippen LogP) is 5.50. The van der Waals surface area contributed by atoms with Crippen molar-refractivity contribution in [1.82, 2.24) is 0 Å². The van der Waals surface area contributed by atoms with Crippen LogP contribution in [0.15, 0.2) is 19.8 Å². The fourth-order valence-corrected chi connectivity index (χ4v) is 19.8. The summed E-state index contributed by atoms with van der Waals surface area (Å²) in [5.41, 5.74) is 0. The molecule has 0 aromatic rings. The van der Waals surface area contributed by atoms with Gasteiger partial charge in [-0.2, -0.15) is 0 Å². The Morgan fingerprint density at radius 2 is 1.14 bits per heavy atom. The van der Waals surface area contributed by atoms with E-state index in [1.165, 1.54) is 20.8 Å². The molecule has 0 spiro atoms. The van der Waals surface area contributed by atoms with Crippen LogP contribution in [0.4, 0.5) is 39.5 Å². The third kappa shape index (κ3) is 4.43. The minimum atomic E-state index is -8.84. The van der Waals surface area contributed by atoms with Crippen LogP contribution in [-0.4, -0.2) is 48.1 Å². The Morgan fingerprint density at radius 3 is 1.43 bits per heavy atom. The van der Waals surface area contributed by atoms with Crippen molar-refractivity contribution in [2.45, 2.75) is 42.2 Å². The summed E-state index contributed by atoms with van der Waals surface area (Å²) >= 11 is -14.2. The third-order valence-corrected chi connectivity index (χ3v) is 21.2.